The largest absolute Gasteiger partial charge is 0.331 e. The summed E-state index contributed by atoms with van der Waals surface area (Å²) in [7, 11) is 3.56. The molecule has 2 N–H and O–H groups in total. The highest BCUT2D eigenvalue weighted by atomic mass is 32.1. The molecule has 1 aliphatic rings. The van der Waals surface area contributed by atoms with Crippen molar-refractivity contribution in [1.29, 1.82) is 0 Å². The molecule has 9 nitrogen and oxygen atoms in total. The Bertz CT molecular complexity index is 1200. The van der Waals surface area contributed by atoms with E-state index in [0.29, 0.717) is 18.9 Å². The molecule has 5 rings (SSSR count). The molecule has 28 heavy (non-hydrogen) atoms. The molecule has 0 saturated carbocycles. The first-order valence-electron chi connectivity index (χ1n) is 8.88. The second kappa shape index (κ2) is 6.41. The number of urea groups is 1. The highest BCUT2D eigenvalue weighted by Gasteiger charge is 2.27. The Morgan fingerprint density at radius 3 is 3.04 bits per heavy atom. The van der Waals surface area contributed by atoms with E-state index < -0.39 is 0 Å². The Morgan fingerprint density at radius 2 is 2.18 bits per heavy atom. The lowest BCUT2D eigenvalue weighted by Crippen LogP contribution is -2.41. The summed E-state index contributed by atoms with van der Waals surface area (Å²) < 4.78 is 0. The first-order chi connectivity index (χ1) is 13.6. The number of pyridine rings is 1. The monoisotopic (exact) mass is 394 g/mol. The van der Waals surface area contributed by atoms with Crippen molar-refractivity contribution >= 4 is 50.1 Å². The summed E-state index contributed by atoms with van der Waals surface area (Å²) >= 11 is 1.62. The average Bonchev–Trinajstić information content (AvgIpc) is 3.30. The van der Waals surface area contributed by atoms with Gasteiger partial charge in [0.2, 0.25) is 0 Å². The van der Waals surface area contributed by atoms with Gasteiger partial charge in [-0.25, -0.2) is 19.7 Å². The molecule has 10 heteroatoms. The number of amides is 2. The number of nitrogens with one attached hydrogen (secondary N) is 2. The maximum Gasteiger partial charge on any atom is 0.319 e. The van der Waals surface area contributed by atoms with Crippen LogP contribution in [0.1, 0.15) is 10.4 Å². The second-order valence-electron chi connectivity index (χ2n) is 6.91. The van der Waals surface area contributed by atoms with E-state index in [1.54, 1.807) is 49.1 Å². The van der Waals surface area contributed by atoms with E-state index >= 15 is 0 Å². The van der Waals surface area contributed by atoms with E-state index in [1.807, 2.05) is 11.0 Å². The highest BCUT2D eigenvalue weighted by molar-refractivity contribution is 7.19. The maximum atomic E-state index is 12.3. The molecule has 0 aromatic carbocycles. The number of H-pyrrole nitrogens is 1. The van der Waals surface area contributed by atoms with Gasteiger partial charge in [0.25, 0.3) is 0 Å². The summed E-state index contributed by atoms with van der Waals surface area (Å²) in [5.74, 6) is 1.44. The molecule has 0 aliphatic carbocycles. The first kappa shape index (κ1) is 16.9. The zero-order valence-corrected chi connectivity index (χ0v) is 16.2. The van der Waals surface area contributed by atoms with Crippen molar-refractivity contribution < 1.29 is 4.79 Å². The number of hydrogen-bond donors (Lipinski definition) is 2. The zero-order chi connectivity index (χ0) is 19.3. The van der Waals surface area contributed by atoms with E-state index in [9.17, 15) is 4.79 Å². The van der Waals surface area contributed by atoms with Crippen molar-refractivity contribution in [1.82, 2.24) is 34.9 Å². The van der Waals surface area contributed by atoms with Crippen LogP contribution in [0.4, 0.5) is 16.4 Å². The average molecular weight is 394 g/mol. The van der Waals surface area contributed by atoms with E-state index in [1.165, 1.54) is 10.4 Å². The summed E-state index contributed by atoms with van der Waals surface area (Å²) in [6, 6.07) is 1.97. The fourth-order valence-corrected chi connectivity index (χ4v) is 4.70. The molecule has 1 aliphatic heterocycles. The van der Waals surface area contributed by atoms with E-state index in [0.717, 1.165) is 33.4 Å². The van der Waals surface area contributed by atoms with Crippen LogP contribution in [0.25, 0.3) is 21.1 Å². The number of hydrogen-bond acceptors (Lipinski definition) is 7. The molecular formula is C18H18N8OS. The van der Waals surface area contributed by atoms with Crippen LogP contribution in [0.5, 0.6) is 0 Å². The lowest BCUT2D eigenvalue weighted by Gasteiger charge is -2.29. The van der Waals surface area contributed by atoms with Gasteiger partial charge in [0.05, 0.1) is 29.8 Å². The van der Waals surface area contributed by atoms with Gasteiger partial charge in [-0.15, -0.1) is 11.3 Å². The minimum Gasteiger partial charge on any atom is -0.331 e. The number of anilines is 2. The third kappa shape index (κ3) is 2.73. The molecule has 4 aromatic rings. The molecule has 0 unspecified atom stereocenters. The fourth-order valence-electron chi connectivity index (χ4n) is 3.50. The summed E-state index contributed by atoms with van der Waals surface area (Å²) in [6.07, 6.45) is 5.86. The second-order valence-corrected chi connectivity index (χ2v) is 7.99. The van der Waals surface area contributed by atoms with Crippen molar-refractivity contribution in [2.45, 2.75) is 13.0 Å². The van der Waals surface area contributed by atoms with Crippen molar-refractivity contribution in [3.8, 4) is 0 Å². The minimum atomic E-state index is 0.0325. The molecule has 0 fully saturated rings. The smallest absolute Gasteiger partial charge is 0.319 e. The molecule has 0 radical (unpaired) electrons. The minimum absolute atomic E-state index is 0.0325. The number of fused-ring (bicyclic) bond motifs is 4. The van der Waals surface area contributed by atoms with Gasteiger partial charge < -0.3 is 15.1 Å². The Morgan fingerprint density at radius 1 is 1.29 bits per heavy atom. The lowest BCUT2D eigenvalue weighted by molar-refractivity contribution is 0.166. The van der Waals surface area contributed by atoms with Gasteiger partial charge in [0.1, 0.15) is 22.8 Å². The SMILES string of the molecule is CN(C)C(=O)N1CCc2c(sc3ncnc(Nc4cc5cn[nH]c5cn4)c23)C1. The molecular weight excluding hydrogens is 376 g/mol. The predicted molar refractivity (Wildman–Crippen MR) is 108 cm³/mol. The zero-order valence-electron chi connectivity index (χ0n) is 15.4. The Kier molecular flexibility index (Phi) is 3.86. The van der Waals surface area contributed by atoms with Crippen LogP contribution in [0, 0.1) is 0 Å². The summed E-state index contributed by atoms with van der Waals surface area (Å²) in [4.78, 5) is 31.2. The maximum absolute atomic E-state index is 12.3. The third-order valence-electron chi connectivity index (χ3n) is 4.86. The van der Waals surface area contributed by atoms with E-state index in [-0.39, 0.29) is 6.03 Å². The quantitative estimate of drug-likeness (QED) is 0.542. The molecule has 0 saturated heterocycles. The van der Waals surface area contributed by atoms with E-state index in [2.05, 4.69) is 30.5 Å². The molecule has 2 amide bonds. The van der Waals surface area contributed by atoms with Crippen molar-refractivity contribution in [2.24, 2.45) is 0 Å². The van der Waals surface area contributed by atoms with Crippen LogP contribution >= 0.6 is 11.3 Å². The lowest BCUT2D eigenvalue weighted by atomic mass is 10.1. The fraction of sp³-hybridized carbons (Fsp3) is 0.278. The van der Waals surface area contributed by atoms with Crippen molar-refractivity contribution in [3.05, 3.63) is 35.2 Å². The molecule has 142 valence electrons. The number of nitrogens with zero attached hydrogens (tertiary/aromatic N) is 6. The number of aromatic nitrogens is 5. The van der Waals surface area contributed by atoms with Crippen LogP contribution in [0.3, 0.4) is 0 Å². The van der Waals surface area contributed by atoms with Gasteiger partial charge in [0, 0.05) is 30.9 Å². The van der Waals surface area contributed by atoms with Gasteiger partial charge in [0.15, 0.2) is 0 Å². The normalized spacial score (nSPS) is 13.7. The van der Waals surface area contributed by atoms with Crippen LogP contribution in [0.15, 0.2) is 24.8 Å². The highest BCUT2D eigenvalue weighted by Crippen LogP contribution is 2.38. The number of carbonyl (C=O) groups is 1. The third-order valence-corrected chi connectivity index (χ3v) is 5.99. The van der Waals surface area contributed by atoms with Crippen LogP contribution < -0.4 is 5.32 Å². The molecule has 5 heterocycles. The van der Waals surface area contributed by atoms with Crippen LogP contribution in [-0.2, 0) is 13.0 Å². The summed E-state index contributed by atoms with van der Waals surface area (Å²) in [6.45, 7) is 1.29. The molecule has 0 atom stereocenters. The van der Waals surface area contributed by atoms with Gasteiger partial charge in [-0.2, -0.15) is 5.10 Å². The molecule has 0 bridgehead atoms. The van der Waals surface area contributed by atoms with Gasteiger partial charge >= 0.3 is 6.03 Å². The number of carbonyl (C=O) groups excluding carboxylic acids is 1. The first-order valence-corrected chi connectivity index (χ1v) is 9.69. The molecule has 4 aromatic heterocycles. The Labute approximate surface area is 164 Å². The van der Waals surface area contributed by atoms with E-state index in [4.69, 9.17) is 0 Å². The van der Waals surface area contributed by atoms with Gasteiger partial charge in [-0.1, -0.05) is 0 Å². The Balaban J connectivity index is 1.52. The summed E-state index contributed by atoms with van der Waals surface area (Å²) in [5.41, 5.74) is 2.10. The predicted octanol–water partition coefficient (Wildman–Crippen LogP) is 2.75. The molecule has 0 spiro atoms. The van der Waals surface area contributed by atoms with Crippen molar-refractivity contribution in [2.75, 3.05) is 26.0 Å². The number of aromatic amines is 1. The van der Waals surface area contributed by atoms with Crippen LogP contribution in [0.2, 0.25) is 0 Å². The topological polar surface area (TPSA) is 103 Å². The van der Waals surface area contributed by atoms with Crippen molar-refractivity contribution in [3.63, 3.8) is 0 Å². The number of rotatable bonds is 2. The standard InChI is InChI=1S/C18H18N8OS/c1-25(2)18(27)26-4-3-11-13(8-26)28-17-15(11)16(20-9-21-17)23-14-5-10-6-22-24-12(10)7-19-14/h5-7,9H,3-4,8H2,1-2H3,(H,22,24)(H,19,20,21,23). The summed E-state index contributed by atoms with van der Waals surface area (Å²) in [5, 5.41) is 12.3. The van der Waals surface area contributed by atoms with Crippen LogP contribution in [-0.4, -0.2) is 61.6 Å². The number of thiophene rings is 1. The Hall–Kier alpha value is -3.27. The van der Waals surface area contributed by atoms with Gasteiger partial charge in [-0.3, -0.25) is 5.10 Å². The van der Waals surface area contributed by atoms with Gasteiger partial charge in [-0.05, 0) is 18.1 Å².